The number of fused-ring (bicyclic) bond motifs is 1. The molecule has 0 aliphatic heterocycles. The first-order valence-electron chi connectivity index (χ1n) is 4.86. The van der Waals surface area contributed by atoms with Crippen molar-refractivity contribution in [3.8, 4) is 11.1 Å². The Hall–Kier alpha value is -1.65. The standard InChI is InChI=1S/C11H6Cl2N4/c12-9-4-10(13)17-11(16-9)8(6-15-17)7-2-1-3-14-5-7/h1-6H. The van der Waals surface area contributed by atoms with Crippen molar-refractivity contribution in [3.63, 3.8) is 0 Å². The fourth-order valence-corrected chi connectivity index (χ4v) is 2.09. The Labute approximate surface area is 107 Å². The summed E-state index contributed by atoms with van der Waals surface area (Å²) in [7, 11) is 0. The van der Waals surface area contributed by atoms with Gasteiger partial charge in [-0.05, 0) is 6.07 Å². The van der Waals surface area contributed by atoms with E-state index in [0.717, 1.165) is 11.1 Å². The van der Waals surface area contributed by atoms with Gasteiger partial charge in [0.05, 0.1) is 6.20 Å². The molecule has 3 aromatic heterocycles. The summed E-state index contributed by atoms with van der Waals surface area (Å²) in [6.45, 7) is 0. The molecule has 3 heterocycles. The fourth-order valence-electron chi connectivity index (χ4n) is 1.62. The first kappa shape index (κ1) is 10.5. The number of pyridine rings is 1. The van der Waals surface area contributed by atoms with Crippen molar-refractivity contribution < 1.29 is 0 Å². The largest absolute Gasteiger partial charge is 0.264 e. The first-order chi connectivity index (χ1) is 8.25. The van der Waals surface area contributed by atoms with Crippen molar-refractivity contribution in [2.24, 2.45) is 0 Å². The molecule has 84 valence electrons. The molecule has 0 aromatic carbocycles. The molecule has 0 spiro atoms. The van der Waals surface area contributed by atoms with E-state index in [1.165, 1.54) is 4.52 Å². The summed E-state index contributed by atoms with van der Waals surface area (Å²) in [5.74, 6) is 0. The zero-order valence-corrected chi connectivity index (χ0v) is 10.0. The molecule has 0 bridgehead atoms. The average molecular weight is 265 g/mol. The normalized spacial score (nSPS) is 10.9. The van der Waals surface area contributed by atoms with E-state index in [9.17, 15) is 0 Å². The molecule has 4 nitrogen and oxygen atoms in total. The van der Waals surface area contributed by atoms with Crippen LogP contribution >= 0.6 is 23.2 Å². The highest BCUT2D eigenvalue weighted by atomic mass is 35.5. The Morgan fingerprint density at radius 2 is 2.06 bits per heavy atom. The van der Waals surface area contributed by atoms with Crippen molar-refractivity contribution in [2.75, 3.05) is 0 Å². The minimum absolute atomic E-state index is 0.341. The second kappa shape index (κ2) is 3.98. The van der Waals surface area contributed by atoms with Crippen LogP contribution < -0.4 is 0 Å². The number of halogens is 2. The van der Waals surface area contributed by atoms with Gasteiger partial charge in [0.15, 0.2) is 5.65 Å². The summed E-state index contributed by atoms with van der Waals surface area (Å²) >= 11 is 11.9. The van der Waals surface area contributed by atoms with Crippen LogP contribution in [0.3, 0.4) is 0 Å². The summed E-state index contributed by atoms with van der Waals surface area (Å²) in [4.78, 5) is 8.29. The van der Waals surface area contributed by atoms with Gasteiger partial charge in [-0.3, -0.25) is 4.98 Å². The topological polar surface area (TPSA) is 43.1 Å². The van der Waals surface area contributed by atoms with Crippen molar-refractivity contribution in [3.05, 3.63) is 47.1 Å². The maximum Gasteiger partial charge on any atom is 0.166 e. The van der Waals surface area contributed by atoms with Gasteiger partial charge < -0.3 is 0 Å². The molecular formula is C11H6Cl2N4. The number of aromatic nitrogens is 4. The third-order valence-corrected chi connectivity index (χ3v) is 2.83. The molecule has 6 heteroatoms. The van der Waals surface area contributed by atoms with E-state index in [0.29, 0.717) is 16.0 Å². The van der Waals surface area contributed by atoms with E-state index >= 15 is 0 Å². The van der Waals surface area contributed by atoms with Crippen molar-refractivity contribution in [1.82, 2.24) is 19.6 Å². The van der Waals surface area contributed by atoms with Gasteiger partial charge in [0.1, 0.15) is 10.3 Å². The second-order valence-electron chi connectivity index (χ2n) is 3.44. The zero-order valence-electron chi connectivity index (χ0n) is 8.51. The monoisotopic (exact) mass is 264 g/mol. The lowest BCUT2D eigenvalue weighted by Crippen LogP contribution is -1.92. The Bertz CT molecular complexity index is 679. The fraction of sp³-hybridized carbons (Fsp3) is 0. The minimum atomic E-state index is 0.341. The van der Waals surface area contributed by atoms with E-state index in [-0.39, 0.29) is 0 Å². The number of nitrogens with zero attached hydrogens (tertiary/aromatic N) is 4. The molecule has 0 saturated heterocycles. The van der Waals surface area contributed by atoms with Crippen LogP contribution in [0.25, 0.3) is 16.8 Å². The van der Waals surface area contributed by atoms with Gasteiger partial charge in [-0.2, -0.15) is 5.10 Å². The summed E-state index contributed by atoms with van der Waals surface area (Å²) in [5, 5.41) is 4.94. The molecule has 3 rings (SSSR count). The van der Waals surface area contributed by atoms with Crippen molar-refractivity contribution in [1.29, 1.82) is 0 Å². The lowest BCUT2D eigenvalue weighted by molar-refractivity contribution is 0.940. The molecule has 0 atom stereocenters. The highest BCUT2D eigenvalue weighted by Crippen LogP contribution is 2.25. The van der Waals surface area contributed by atoms with E-state index in [1.807, 2.05) is 12.1 Å². The highest BCUT2D eigenvalue weighted by Gasteiger charge is 2.11. The van der Waals surface area contributed by atoms with E-state index in [1.54, 1.807) is 24.7 Å². The molecule has 0 N–H and O–H groups in total. The predicted molar refractivity (Wildman–Crippen MR) is 66.2 cm³/mol. The summed E-state index contributed by atoms with van der Waals surface area (Å²) in [6.07, 6.45) is 5.15. The predicted octanol–water partition coefficient (Wildman–Crippen LogP) is 3.10. The number of rotatable bonds is 1. The Morgan fingerprint density at radius 3 is 2.82 bits per heavy atom. The van der Waals surface area contributed by atoms with Crippen LogP contribution in [0.5, 0.6) is 0 Å². The number of hydrogen-bond acceptors (Lipinski definition) is 3. The van der Waals surface area contributed by atoms with Crippen molar-refractivity contribution >= 4 is 28.8 Å². The molecule has 0 amide bonds. The molecule has 0 fully saturated rings. The Balaban J connectivity index is 2.32. The van der Waals surface area contributed by atoms with E-state index < -0.39 is 0 Å². The van der Waals surface area contributed by atoms with Crippen LogP contribution in [-0.2, 0) is 0 Å². The third kappa shape index (κ3) is 1.75. The van der Waals surface area contributed by atoms with Gasteiger partial charge in [0, 0.05) is 29.6 Å². The minimum Gasteiger partial charge on any atom is -0.264 e. The van der Waals surface area contributed by atoms with E-state index in [4.69, 9.17) is 23.2 Å². The SMILES string of the molecule is Clc1cc(Cl)n2ncc(-c3cccnc3)c2n1. The van der Waals surface area contributed by atoms with Crippen molar-refractivity contribution in [2.45, 2.75) is 0 Å². The molecule has 0 radical (unpaired) electrons. The average Bonchev–Trinajstić information content (AvgIpc) is 2.74. The summed E-state index contributed by atoms with van der Waals surface area (Å²) in [5.41, 5.74) is 2.39. The summed E-state index contributed by atoms with van der Waals surface area (Å²) < 4.78 is 1.54. The molecule has 0 saturated carbocycles. The zero-order chi connectivity index (χ0) is 11.8. The van der Waals surface area contributed by atoms with Gasteiger partial charge in [-0.15, -0.1) is 0 Å². The number of hydrogen-bond donors (Lipinski definition) is 0. The molecule has 17 heavy (non-hydrogen) atoms. The van der Waals surface area contributed by atoms with E-state index in [2.05, 4.69) is 15.1 Å². The Kier molecular flexibility index (Phi) is 2.46. The first-order valence-corrected chi connectivity index (χ1v) is 5.61. The molecule has 0 aliphatic rings. The maximum atomic E-state index is 6.02. The maximum absolute atomic E-state index is 6.02. The Morgan fingerprint density at radius 1 is 1.18 bits per heavy atom. The molecule has 0 unspecified atom stereocenters. The van der Waals surface area contributed by atoms with Gasteiger partial charge in [0.25, 0.3) is 0 Å². The second-order valence-corrected chi connectivity index (χ2v) is 4.21. The lowest BCUT2D eigenvalue weighted by Gasteiger charge is -2.00. The van der Waals surface area contributed by atoms with Crippen LogP contribution in [0, 0.1) is 0 Å². The smallest absolute Gasteiger partial charge is 0.166 e. The van der Waals surface area contributed by atoms with Crippen LogP contribution in [-0.4, -0.2) is 19.6 Å². The molecule has 3 aromatic rings. The quantitative estimate of drug-likeness (QED) is 0.635. The van der Waals surface area contributed by atoms with Gasteiger partial charge in [-0.25, -0.2) is 9.50 Å². The van der Waals surface area contributed by atoms with Crippen LogP contribution in [0.15, 0.2) is 36.8 Å². The lowest BCUT2D eigenvalue weighted by atomic mass is 10.1. The molecule has 0 aliphatic carbocycles. The van der Waals surface area contributed by atoms with Crippen LogP contribution in [0.4, 0.5) is 0 Å². The molecular weight excluding hydrogens is 259 g/mol. The van der Waals surface area contributed by atoms with Crippen LogP contribution in [0.1, 0.15) is 0 Å². The summed E-state index contributed by atoms with van der Waals surface area (Å²) in [6, 6.07) is 5.33. The van der Waals surface area contributed by atoms with Gasteiger partial charge >= 0.3 is 0 Å². The van der Waals surface area contributed by atoms with Gasteiger partial charge in [0.2, 0.25) is 0 Å². The van der Waals surface area contributed by atoms with Gasteiger partial charge in [-0.1, -0.05) is 29.3 Å². The third-order valence-electron chi connectivity index (χ3n) is 2.37. The highest BCUT2D eigenvalue weighted by molar-refractivity contribution is 6.33. The van der Waals surface area contributed by atoms with Crippen LogP contribution in [0.2, 0.25) is 10.3 Å².